The lowest BCUT2D eigenvalue weighted by Gasteiger charge is -2.13. The number of nitrogen functional groups attached to an aromatic ring is 1. The van der Waals surface area contributed by atoms with Gasteiger partial charge < -0.3 is 15.6 Å². The predicted molar refractivity (Wildman–Crippen MR) is 61.8 cm³/mol. The van der Waals surface area contributed by atoms with Crippen molar-refractivity contribution < 1.29 is 4.79 Å². The second-order valence-electron chi connectivity index (χ2n) is 4.29. The van der Waals surface area contributed by atoms with E-state index in [1.807, 2.05) is 32.3 Å². The van der Waals surface area contributed by atoms with Crippen LogP contribution in [0.4, 0.5) is 5.69 Å². The summed E-state index contributed by atoms with van der Waals surface area (Å²) in [6, 6.07) is 2.07. The van der Waals surface area contributed by atoms with Crippen molar-refractivity contribution in [3.05, 3.63) is 18.0 Å². The van der Waals surface area contributed by atoms with Gasteiger partial charge in [-0.25, -0.2) is 0 Å². The quantitative estimate of drug-likeness (QED) is 0.797. The molecule has 15 heavy (non-hydrogen) atoms. The third-order valence-corrected chi connectivity index (χ3v) is 2.08. The molecule has 1 amide bonds. The van der Waals surface area contributed by atoms with Crippen molar-refractivity contribution in [2.75, 3.05) is 5.73 Å². The summed E-state index contributed by atoms with van der Waals surface area (Å²) in [6.45, 7) is 7.91. The molecule has 84 valence electrons. The van der Waals surface area contributed by atoms with Gasteiger partial charge in [-0.05, 0) is 33.8 Å². The van der Waals surface area contributed by atoms with Crippen LogP contribution in [0, 0.1) is 0 Å². The molecule has 0 aliphatic rings. The van der Waals surface area contributed by atoms with Crippen LogP contribution in [0.25, 0.3) is 0 Å². The number of rotatable bonds is 3. The Bertz CT molecular complexity index is 353. The number of anilines is 1. The van der Waals surface area contributed by atoms with Crippen LogP contribution in [-0.2, 0) is 0 Å². The van der Waals surface area contributed by atoms with Gasteiger partial charge in [0.15, 0.2) is 0 Å². The van der Waals surface area contributed by atoms with E-state index in [2.05, 4.69) is 5.32 Å². The summed E-state index contributed by atoms with van der Waals surface area (Å²) in [7, 11) is 0. The molecule has 1 rings (SSSR count). The highest BCUT2D eigenvalue weighted by molar-refractivity contribution is 5.94. The first-order valence-corrected chi connectivity index (χ1v) is 5.20. The Morgan fingerprint density at radius 2 is 2.00 bits per heavy atom. The fourth-order valence-corrected chi connectivity index (χ4v) is 1.45. The minimum absolute atomic E-state index is 0.0737. The van der Waals surface area contributed by atoms with Crippen LogP contribution in [0.5, 0.6) is 0 Å². The molecular formula is C11H19N3O. The van der Waals surface area contributed by atoms with Gasteiger partial charge in [-0.15, -0.1) is 0 Å². The third-order valence-electron chi connectivity index (χ3n) is 2.08. The molecule has 0 aliphatic carbocycles. The molecule has 0 atom stereocenters. The Balaban J connectivity index is 2.97. The van der Waals surface area contributed by atoms with Crippen molar-refractivity contribution in [3.8, 4) is 0 Å². The van der Waals surface area contributed by atoms with Crippen LogP contribution in [-0.4, -0.2) is 16.5 Å². The smallest absolute Gasteiger partial charge is 0.268 e. The van der Waals surface area contributed by atoms with Crippen LogP contribution in [0.1, 0.15) is 44.2 Å². The average molecular weight is 209 g/mol. The number of nitrogens with one attached hydrogen (secondary N) is 1. The minimum Gasteiger partial charge on any atom is -0.397 e. The lowest BCUT2D eigenvalue weighted by molar-refractivity contribution is 0.0932. The zero-order valence-corrected chi connectivity index (χ0v) is 9.74. The molecular weight excluding hydrogens is 190 g/mol. The number of nitrogens with two attached hydrogens (primary N) is 1. The maximum Gasteiger partial charge on any atom is 0.268 e. The molecule has 1 heterocycles. The Kier molecular flexibility index (Phi) is 3.39. The first-order chi connectivity index (χ1) is 6.91. The molecule has 0 aromatic carbocycles. The largest absolute Gasteiger partial charge is 0.397 e. The monoisotopic (exact) mass is 209 g/mol. The van der Waals surface area contributed by atoms with E-state index < -0.39 is 0 Å². The fraction of sp³-hybridized carbons (Fsp3) is 0.545. The SMILES string of the molecule is CC(C)NC(=O)c1cc(N)cn1C(C)C. The lowest BCUT2D eigenvalue weighted by atomic mass is 10.3. The summed E-state index contributed by atoms with van der Waals surface area (Å²) in [6.07, 6.45) is 1.79. The lowest BCUT2D eigenvalue weighted by Crippen LogP contribution is -2.31. The van der Waals surface area contributed by atoms with E-state index in [1.165, 1.54) is 0 Å². The van der Waals surface area contributed by atoms with E-state index in [1.54, 1.807) is 12.3 Å². The molecule has 4 heteroatoms. The Morgan fingerprint density at radius 1 is 1.40 bits per heavy atom. The predicted octanol–water partition coefficient (Wildman–Crippen LogP) is 1.79. The maximum atomic E-state index is 11.8. The van der Waals surface area contributed by atoms with Crippen LogP contribution in [0.15, 0.2) is 12.3 Å². The highest BCUT2D eigenvalue weighted by Gasteiger charge is 2.14. The number of amides is 1. The zero-order valence-electron chi connectivity index (χ0n) is 9.74. The highest BCUT2D eigenvalue weighted by atomic mass is 16.2. The molecule has 0 bridgehead atoms. The maximum absolute atomic E-state index is 11.8. The van der Waals surface area contributed by atoms with Gasteiger partial charge in [0.2, 0.25) is 0 Å². The number of carbonyl (C=O) groups excluding carboxylic acids is 1. The molecule has 0 saturated heterocycles. The second kappa shape index (κ2) is 4.38. The van der Waals surface area contributed by atoms with Gasteiger partial charge in [0.1, 0.15) is 5.69 Å². The van der Waals surface area contributed by atoms with Crippen molar-refractivity contribution in [3.63, 3.8) is 0 Å². The van der Waals surface area contributed by atoms with Crippen LogP contribution < -0.4 is 11.1 Å². The first kappa shape index (κ1) is 11.6. The summed E-state index contributed by atoms with van der Waals surface area (Å²) in [5, 5.41) is 2.85. The summed E-state index contributed by atoms with van der Waals surface area (Å²) in [5.41, 5.74) is 6.93. The van der Waals surface area contributed by atoms with Gasteiger partial charge in [-0.3, -0.25) is 4.79 Å². The normalized spacial score (nSPS) is 11.1. The molecule has 4 nitrogen and oxygen atoms in total. The van der Waals surface area contributed by atoms with Crippen molar-refractivity contribution in [2.45, 2.75) is 39.8 Å². The van der Waals surface area contributed by atoms with Gasteiger partial charge in [-0.1, -0.05) is 0 Å². The van der Waals surface area contributed by atoms with Crippen LogP contribution in [0.2, 0.25) is 0 Å². The highest BCUT2D eigenvalue weighted by Crippen LogP contribution is 2.16. The molecule has 0 radical (unpaired) electrons. The number of carbonyl (C=O) groups is 1. The third kappa shape index (κ3) is 2.75. The number of hydrogen-bond acceptors (Lipinski definition) is 2. The number of hydrogen-bond donors (Lipinski definition) is 2. The fourth-order valence-electron chi connectivity index (χ4n) is 1.45. The summed E-state index contributed by atoms with van der Waals surface area (Å²) in [5.74, 6) is -0.0737. The standard InChI is InChI=1S/C11H19N3O/c1-7(2)13-11(15)10-5-9(12)6-14(10)8(3)4/h5-8H,12H2,1-4H3,(H,13,15). The molecule has 0 spiro atoms. The van der Waals surface area contributed by atoms with E-state index in [0.717, 1.165) is 0 Å². The van der Waals surface area contributed by atoms with E-state index in [4.69, 9.17) is 5.73 Å². The second-order valence-corrected chi connectivity index (χ2v) is 4.29. The minimum atomic E-state index is -0.0737. The van der Waals surface area contributed by atoms with Crippen molar-refractivity contribution in [1.29, 1.82) is 0 Å². The van der Waals surface area contributed by atoms with Gasteiger partial charge in [0.05, 0.1) is 5.69 Å². The van der Waals surface area contributed by atoms with E-state index in [0.29, 0.717) is 11.4 Å². The summed E-state index contributed by atoms with van der Waals surface area (Å²) in [4.78, 5) is 11.8. The molecule has 1 aromatic rings. The van der Waals surface area contributed by atoms with Crippen molar-refractivity contribution in [2.24, 2.45) is 0 Å². The summed E-state index contributed by atoms with van der Waals surface area (Å²) < 4.78 is 1.88. The molecule has 0 saturated carbocycles. The van der Waals surface area contributed by atoms with Crippen molar-refractivity contribution in [1.82, 2.24) is 9.88 Å². The zero-order chi connectivity index (χ0) is 11.6. The first-order valence-electron chi connectivity index (χ1n) is 5.20. The topological polar surface area (TPSA) is 60.1 Å². The van der Waals surface area contributed by atoms with E-state index in [9.17, 15) is 4.79 Å². The molecule has 0 fully saturated rings. The Morgan fingerprint density at radius 3 is 2.47 bits per heavy atom. The Labute approximate surface area is 90.5 Å². The van der Waals surface area contributed by atoms with Crippen LogP contribution in [0.3, 0.4) is 0 Å². The molecule has 0 unspecified atom stereocenters. The van der Waals surface area contributed by atoms with Gasteiger partial charge in [0.25, 0.3) is 5.91 Å². The molecule has 0 aliphatic heterocycles. The van der Waals surface area contributed by atoms with Gasteiger partial charge in [-0.2, -0.15) is 0 Å². The van der Waals surface area contributed by atoms with Gasteiger partial charge in [0, 0.05) is 18.3 Å². The summed E-state index contributed by atoms with van der Waals surface area (Å²) >= 11 is 0. The van der Waals surface area contributed by atoms with Gasteiger partial charge >= 0.3 is 0 Å². The van der Waals surface area contributed by atoms with E-state index in [-0.39, 0.29) is 18.0 Å². The van der Waals surface area contributed by atoms with E-state index >= 15 is 0 Å². The average Bonchev–Trinajstić information content (AvgIpc) is 2.46. The Hall–Kier alpha value is -1.45. The van der Waals surface area contributed by atoms with Crippen molar-refractivity contribution >= 4 is 11.6 Å². The molecule has 1 aromatic heterocycles. The number of aromatic nitrogens is 1. The van der Waals surface area contributed by atoms with Crippen LogP contribution >= 0.6 is 0 Å². The molecule has 3 N–H and O–H groups in total. The number of nitrogens with zero attached hydrogens (tertiary/aromatic N) is 1.